The molecular formula is C60H40B2N2Si. The predicted octanol–water partition coefficient (Wildman–Crippen LogP) is 7.62. The van der Waals surface area contributed by atoms with Crippen LogP contribution in [0.3, 0.4) is 0 Å². The number of fused-ring (bicyclic) bond motifs is 10. The molecule has 0 radical (unpaired) electrons. The van der Waals surface area contributed by atoms with E-state index in [2.05, 4.69) is 252 Å². The average molecular weight is 839 g/mol. The molecule has 10 aromatic rings. The maximum absolute atomic E-state index is 3.06. The third-order valence-electron chi connectivity index (χ3n) is 14.8. The molecule has 0 fully saturated rings. The van der Waals surface area contributed by atoms with E-state index < -0.39 is 8.07 Å². The highest BCUT2D eigenvalue weighted by Crippen LogP contribution is 2.50. The molecule has 0 atom stereocenters. The van der Waals surface area contributed by atoms with Crippen LogP contribution in [-0.2, 0) is 0 Å². The second-order valence-corrected chi connectivity index (χ2v) is 21.6. The minimum atomic E-state index is -3.06. The third kappa shape index (κ3) is 4.96. The van der Waals surface area contributed by atoms with E-state index in [-0.39, 0.29) is 13.4 Å². The van der Waals surface area contributed by atoms with Crippen molar-refractivity contribution in [2.45, 2.75) is 0 Å². The Labute approximate surface area is 381 Å². The van der Waals surface area contributed by atoms with E-state index in [1.165, 1.54) is 110 Å². The Morgan fingerprint density at radius 3 is 1.20 bits per heavy atom. The van der Waals surface area contributed by atoms with Gasteiger partial charge in [0.05, 0.1) is 5.69 Å². The molecule has 0 unspecified atom stereocenters. The van der Waals surface area contributed by atoms with E-state index in [4.69, 9.17) is 0 Å². The molecule has 0 spiro atoms. The van der Waals surface area contributed by atoms with Gasteiger partial charge in [-0.25, -0.2) is 0 Å². The van der Waals surface area contributed by atoms with Gasteiger partial charge in [-0.15, -0.1) is 0 Å². The van der Waals surface area contributed by atoms with E-state index in [0.29, 0.717) is 0 Å². The first-order chi connectivity index (χ1) is 32.3. The van der Waals surface area contributed by atoms with Crippen molar-refractivity contribution in [2.24, 2.45) is 0 Å². The predicted molar refractivity (Wildman–Crippen MR) is 280 cm³/mol. The van der Waals surface area contributed by atoms with Crippen LogP contribution in [-0.4, -0.2) is 21.5 Å². The van der Waals surface area contributed by atoms with Crippen LogP contribution in [0.2, 0.25) is 0 Å². The Morgan fingerprint density at radius 1 is 0.292 bits per heavy atom. The van der Waals surface area contributed by atoms with E-state index in [1.807, 2.05) is 0 Å². The Kier molecular flexibility index (Phi) is 7.93. The summed E-state index contributed by atoms with van der Waals surface area (Å²) >= 11 is 0. The smallest absolute Gasteiger partial charge is 0.252 e. The molecule has 2 nitrogen and oxygen atoms in total. The highest BCUT2D eigenvalue weighted by Gasteiger charge is 2.56. The van der Waals surface area contributed by atoms with Gasteiger partial charge in [-0.3, -0.25) is 0 Å². The molecule has 0 amide bonds. The molecule has 10 aromatic carbocycles. The van der Waals surface area contributed by atoms with Crippen LogP contribution in [0, 0.1) is 0 Å². The lowest BCUT2D eigenvalue weighted by Crippen LogP contribution is -2.88. The zero-order valence-corrected chi connectivity index (χ0v) is 36.6. The van der Waals surface area contributed by atoms with E-state index in [9.17, 15) is 0 Å². The van der Waals surface area contributed by atoms with Crippen molar-refractivity contribution >= 4 is 109 Å². The molecule has 0 N–H and O–H groups in total. The third-order valence-corrected chi connectivity index (χ3v) is 19.7. The zero-order chi connectivity index (χ0) is 42.6. The van der Waals surface area contributed by atoms with Gasteiger partial charge in [0.1, 0.15) is 0 Å². The van der Waals surface area contributed by atoms with Gasteiger partial charge in [-0.2, -0.15) is 0 Å². The summed E-state index contributed by atoms with van der Waals surface area (Å²) in [7, 11) is -3.06. The first-order valence-electron chi connectivity index (χ1n) is 22.8. The quantitative estimate of drug-likeness (QED) is 0.165. The van der Waals surface area contributed by atoms with Crippen molar-refractivity contribution in [2.75, 3.05) is 9.80 Å². The van der Waals surface area contributed by atoms with Gasteiger partial charge in [0.25, 0.3) is 6.71 Å². The second-order valence-electron chi connectivity index (χ2n) is 17.8. The topological polar surface area (TPSA) is 6.48 Å². The average Bonchev–Trinajstić information content (AvgIpc) is 3.39. The first kappa shape index (κ1) is 36.6. The van der Waals surface area contributed by atoms with Crippen molar-refractivity contribution in [1.29, 1.82) is 0 Å². The number of rotatable bonds is 5. The van der Waals surface area contributed by atoms with Gasteiger partial charge in [0.15, 0.2) is 8.07 Å². The number of nitrogens with zero attached hydrogens (tertiary/aromatic N) is 2. The van der Waals surface area contributed by atoms with Crippen LogP contribution in [0.15, 0.2) is 243 Å². The molecule has 0 saturated heterocycles. The minimum absolute atomic E-state index is 0.0156. The lowest BCUT2D eigenvalue weighted by Gasteiger charge is -2.52. The number of hydrogen-bond donors (Lipinski definition) is 0. The van der Waals surface area contributed by atoms with Gasteiger partial charge >= 0.3 is 0 Å². The fourth-order valence-corrected chi connectivity index (χ4v) is 17.7. The molecule has 65 heavy (non-hydrogen) atoms. The zero-order valence-electron chi connectivity index (χ0n) is 35.6. The Balaban J connectivity index is 1.22. The van der Waals surface area contributed by atoms with E-state index in [0.717, 1.165) is 0 Å². The summed E-state index contributed by atoms with van der Waals surface area (Å²) in [6.07, 6.45) is 0. The number of benzene rings is 10. The summed E-state index contributed by atoms with van der Waals surface area (Å²) in [4.78, 5) is 5.35. The highest BCUT2D eigenvalue weighted by molar-refractivity contribution is 7.27. The molecule has 0 saturated carbocycles. The van der Waals surface area contributed by atoms with Crippen molar-refractivity contribution in [3.05, 3.63) is 243 Å². The summed E-state index contributed by atoms with van der Waals surface area (Å²) in [6, 6.07) is 92.0. The lowest BCUT2D eigenvalue weighted by atomic mass is 9.29. The van der Waals surface area contributed by atoms with Crippen molar-refractivity contribution in [3.63, 3.8) is 0 Å². The maximum Gasteiger partial charge on any atom is 0.252 e. The molecule has 0 aromatic heterocycles. The number of anilines is 6. The van der Waals surface area contributed by atoms with Crippen LogP contribution in [0.5, 0.6) is 0 Å². The maximum atomic E-state index is 2.71. The van der Waals surface area contributed by atoms with Gasteiger partial charge in [-0.1, -0.05) is 224 Å². The second kappa shape index (κ2) is 14.1. The minimum Gasteiger partial charge on any atom is -0.312 e. The fraction of sp³-hybridized carbons (Fsp3) is 0. The molecular weight excluding hydrogens is 798 g/mol. The van der Waals surface area contributed by atoms with Crippen molar-refractivity contribution in [1.82, 2.24) is 0 Å². The normalized spacial score (nSPS) is 14.2. The van der Waals surface area contributed by atoms with Gasteiger partial charge in [0, 0.05) is 39.6 Å². The molecule has 300 valence electrons. The summed E-state index contributed by atoms with van der Waals surface area (Å²) in [5.41, 5.74) is 20.6. The van der Waals surface area contributed by atoms with Gasteiger partial charge in [0.2, 0.25) is 6.71 Å². The summed E-state index contributed by atoms with van der Waals surface area (Å²) in [5.74, 6) is 0. The standard InChI is InChI=1S/C60H40B2N2Si/c1-5-22-41(23-6-1)45-30-21-31-46(42-24-7-2-8-25-42)59(45)64-53-38-19-14-33-48(53)61-47-32-13-17-36-51(47)63-52-37-18-15-34-49(52)62-50-35-16-20-39-55(50)65(43-26-9-3-10-27-43,44-28-11-4-12-29-44)56-40-54(64)57(61)60(63)58(56)62/h1-40H. The largest absolute Gasteiger partial charge is 0.312 e. The van der Waals surface area contributed by atoms with E-state index in [1.54, 1.807) is 0 Å². The van der Waals surface area contributed by atoms with Gasteiger partial charge < -0.3 is 9.80 Å². The molecule has 0 bridgehead atoms. The molecule has 0 aliphatic carbocycles. The van der Waals surface area contributed by atoms with Crippen LogP contribution >= 0.6 is 0 Å². The van der Waals surface area contributed by atoms with Crippen LogP contribution in [0.4, 0.5) is 34.1 Å². The molecule has 4 aliphatic rings. The van der Waals surface area contributed by atoms with Crippen LogP contribution in [0.1, 0.15) is 0 Å². The Bertz CT molecular complexity index is 3420. The van der Waals surface area contributed by atoms with Gasteiger partial charge in [-0.05, 0) is 83.5 Å². The summed E-state index contributed by atoms with van der Waals surface area (Å²) in [5, 5.41) is 5.73. The molecule has 4 heterocycles. The first-order valence-corrected chi connectivity index (χ1v) is 24.8. The van der Waals surface area contributed by atoms with Crippen molar-refractivity contribution < 1.29 is 0 Å². The van der Waals surface area contributed by atoms with Crippen molar-refractivity contribution in [3.8, 4) is 22.3 Å². The lowest BCUT2D eigenvalue weighted by molar-refractivity contribution is 1.26. The molecule has 14 rings (SSSR count). The SMILES string of the molecule is c1ccc(-c2cccc(-c3ccccc3)c2N2c3ccccc3B3c4ccccc4N4c5ccccc5B5c6ccccc6[Si](c6ccccc6)(c6ccccc6)c6cc2c3c4c65)cc1. The fourth-order valence-electron chi connectivity index (χ4n) is 12.4. The van der Waals surface area contributed by atoms with Crippen LogP contribution in [0.25, 0.3) is 22.3 Å². The molecule has 5 heteroatoms. The number of para-hydroxylation sites is 4. The Hall–Kier alpha value is -7.85. The molecule has 4 aliphatic heterocycles. The number of hydrogen-bond acceptors (Lipinski definition) is 2. The summed E-state index contributed by atoms with van der Waals surface area (Å²) < 4.78 is 0. The highest BCUT2D eigenvalue weighted by atomic mass is 28.3. The Morgan fingerprint density at radius 2 is 0.692 bits per heavy atom. The monoisotopic (exact) mass is 838 g/mol. The van der Waals surface area contributed by atoms with E-state index >= 15 is 0 Å². The van der Waals surface area contributed by atoms with Crippen LogP contribution < -0.4 is 63.3 Å². The summed E-state index contributed by atoms with van der Waals surface area (Å²) in [6.45, 7) is 0.0666.